The van der Waals surface area contributed by atoms with E-state index in [9.17, 15) is 13.2 Å². The van der Waals surface area contributed by atoms with Crippen LogP contribution >= 0.6 is 11.6 Å². The van der Waals surface area contributed by atoms with E-state index in [1.165, 1.54) is 0 Å². The summed E-state index contributed by atoms with van der Waals surface area (Å²) in [6, 6.07) is 7.23. The Morgan fingerprint density at radius 2 is 2.11 bits per heavy atom. The van der Waals surface area contributed by atoms with Crippen LogP contribution in [0.1, 0.15) is 12.0 Å². The average molecular weight is 288 g/mol. The van der Waals surface area contributed by atoms with Crippen LogP contribution in [-0.4, -0.2) is 25.8 Å². The Labute approximate surface area is 111 Å². The summed E-state index contributed by atoms with van der Waals surface area (Å²) >= 11 is 5.77. The molecule has 1 aliphatic heterocycles. The second-order valence-electron chi connectivity index (χ2n) is 4.38. The predicted molar refractivity (Wildman–Crippen MR) is 71.4 cm³/mol. The van der Waals surface area contributed by atoms with Crippen LogP contribution in [0.4, 0.5) is 5.69 Å². The standard InChI is InChI=1S/C12H14ClNO3S/c13-7-9-3-1-2-4-11(9)14-12(15)10-5-6-18(16,17)8-10/h1-4,10H,5-8H2,(H,14,15). The number of rotatable bonds is 3. The number of para-hydroxylation sites is 1. The normalized spacial score (nSPS) is 21.7. The third-order valence-electron chi connectivity index (χ3n) is 3.02. The number of alkyl halides is 1. The first kappa shape index (κ1) is 13.4. The summed E-state index contributed by atoms with van der Waals surface area (Å²) in [5.41, 5.74) is 1.48. The van der Waals surface area contributed by atoms with Crippen molar-refractivity contribution in [2.24, 2.45) is 5.92 Å². The highest BCUT2D eigenvalue weighted by Gasteiger charge is 2.33. The van der Waals surface area contributed by atoms with E-state index < -0.39 is 15.8 Å². The second-order valence-corrected chi connectivity index (χ2v) is 6.88. The summed E-state index contributed by atoms with van der Waals surface area (Å²) in [7, 11) is -3.04. The third-order valence-corrected chi connectivity index (χ3v) is 5.08. The van der Waals surface area contributed by atoms with E-state index in [1.54, 1.807) is 12.1 Å². The highest BCUT2D eigenvalue weighted by Crippen LogP contribution is 2.22. The fraction of sp³-hybridized carbons (Fsp3) is 0.417. The van der Waals surface area contributed by atoms with Crippen molar-refractivity contribution in [3.63, 3.8) is 0 Å². The molecule has 1 saturated heterocycles. The molecule has 1 aromatic carbocycles. The number of anilines is 1. The fourth-order valence-corrected chi connectivity index (χ4v) is 3.97. The zero-order valence-corrected chi connectivity index (χ0v) is 11.3. The topological polar surface area (TPSA) is 63.2 Å². The number of hydrogen-bond acceptors (Lipinski definition) is 3. The molecule has 0 bridgehead atoms. The Morgan fingerprint density at radius 3 is 2.72 bits per heavy atom. The van der Waals surface area contributed by atoms with E-state index >= 15 is 0 Å². The van der Waals surface area contributed by atoms with Gasteiger partial charge in [-0.15, -0.1) is 11.6 Å². The summed E-state index contributed by atoms with van der Waals surface area (Å²) in [6.45, 7) is 0. The lowest BCUT2D eigenvalue weighted by Crippen LogP contribution is -2.24. The van der Waals surface area contributed by atoms with Crippen LogP contribution < -0.4 is 5.32 Å². The Hall–Kier alpha value is -1.07. The lowest BCUT2D eigenvalue weighted by molar-refractivity contribution is -0.119. The van der Waals surface area contributed by atoms with Gasteiger partial charge < -0.3 is 5.32 Å². The van der Waals surface area contributed by atoms with Gasteiger partial charge >= 0.3 is 0 Å². The highest BCUT2D eigenvalue weighted by molar-refractivity contribution is 7.91. The molecule has 1 heterocycles. The molecular formula is C12H14ClNO3S. The molecule has 18 heavy (non-hydrogen) atoms. The predicted octanol–water partition coefficient (Wildman–Crippen LogP) is 1.80. The van der Waals surface area contributed by atoms with E-state index in [-0.39, 0.29) is 17.4 Å². The molecule has 1 aliphatic rings. The van der Waals surface area contributed by atoms with E-state index in [1.807, 2.05) is 12.1 Å². The van der Waals surface area contributed by atoms with Crippen LogP contribution in [0.15, 0.2) is 24.3 Å². The maximum Gasteiger partial charge on any atom is 0.228 e. The van der Waals surface area contributed by atoms with Gasteiger partial charge in [0.05, 0.1) is 17.4 Å². The van der Waals surface area contributed by atoms with Crippen molar-refractivity contribution in [3.05, 3.63) is 29.8 Å². The molecule has 1 aromatic rings. The van der Waals surface area contributed by atoms with Gasteiger partial charge in [-0.25, -0.2) is 8.42 Å². The van der Waals surface area contributed by atoms with Crippen molar-refractivity contribution in [1.82, 2.24) is 0 Å². The summed E-state index contributed by atoms with van der Waals surface area (Å²) in [5, 5.41) is 2.75. The lowest BCUT2D eigenvalue weighted by atomic mass is 10.1. The molecule has 1 amide bonds. The van der Waals surface area contributed by atoms with Gasteiger partial charge in [0, 0.05) is 11.6 Å². The second kappa shape index (κ2) is 5.28. The summed E-state index contributed by atoms with van der Waals surface area (Å²) in [5.74, 6) is -0.337. The SMILES string of the molecule is O=C(Nc1ccccc1CCl)C1CCS(=O)(=O)C1. The van der Waals surface area contributed by atoms with Crippen molar-refractivity contribution in [1.29, 1.82) is 0 Å². The number of benzene rings is 1. The quantitative estimate of drug-likeness (QED) is 0.862. The van der Waals surface area contributed by atoms with Crippen LogP contribution in [-0.2, 0) is 20.5 Å². The number of carbonyl (C=O) groups excluding carboxylic acids is 1. The monoisotopic (exact) mass is 287 g/mol. The van der Waals surface area contributed by atoms with Gasteiger partial charge in [-0.05, 0) is 18.1 Å². The fourth-order valence-electron chi connectivity index (χ4n) is 2.00. The molecular weight excluding hydrogens is 274 g/mol. The Balaban J connectivity index is 2.08. The zero-order valence-electron chi connectivity index (χ0n) is 9.73. The largest absolute Gasteiger partial charge is 0.326 e. The third kappa shape index (κ3) is 3.03. The van der Waals surface area contributed by atoms with Crippen molar-refractivity contribution in [2.45, 2.75) is 12.3 Å². The molecule has 98 valence electrons. The van der Waals surface area contributed by atoms with Crippen molar-refractivity contribution >= 4 is 33.0 Å². The minimum atomic E-state index is -3.04. The molecule has 2 rings (SSSR count). The minimum Gasteiger partial charge on any atom is -0.326 e. The molecule has 0 saturated carbocycles. The molecule has 0 aromatic heterocycles. The summed E-state index contributed by atoms with van der Waals surface area (Å²) in [6.07, 6.45) is 0.400. The molecule has 1 N–H and O–H groups in total. The van der Waals surface area contributed by atoms with Gasteiger partial charge in [-0.1, -0.05) is 18.2 Å². The number of halogens is 1. The number of carbonyl (C=O) groups is 1. The van der Waals surface area contributed by atoms with Crippen LogP contribution in [0.25, 0.3) is 0 Å². The maximum atomic E-state index is 12.0. The van der Waals surface area contributed by atoms with Gasteiger partial charge in [-0.3, -0.25) is 4.79 Å². The van der Waals surface area contributed by atoms with Crippen LogP contribution in [0.2, 0.25) is 0 Å². The Kier molecular flexibility index (Phi) is 3.92. The summed E-state index contributed by atoms with van der Waals surface area (Å²) < 4.78 is 22.6. The smallest absolute Gasteiger partial charge is 0.228 e. The number of hydrogen-bond donors (Lipinski definition) is 1. The average Bonchev–Trinajstić information content (AvgIpc) is 2.70. The van der Waals surface area contributed by atoms with E-state index in [0.29, 0.717) is 18.0 Å². The van der Waals surface area contributed by atoms with Crippen LogP contribution in [0.3, 0.4) is 0 Å². The molecule has 6 heteroatoms. The molecule has 1 fully saturated rings. The first-order valence-corrected chi connectivity index (χ1v) is 8.02. The first-order valence-electron chi connectivity index (χ1n) is 5.67. The van der Waals surface area contributed by atoms with E-state index in [4.69, 9.17) is 11.6 Å². The molecule has 0 aliphatic carbocycles. The van der Waals surface area contributed by atoms with Crippen molar-refractivity contribution in [3.8, 4) is 0 Å². The molecule has 0 radical (unpaired) electrons. The minimum absolute atomic E-state index is 0.0537. The van der Waals surface area contributed by atoms with Gasteiger partial charge in [0.25, 0.3) is 0 Å². The van der Waals surface area contributed by atoms with Gasteiger partial charge in [0.15, 0.2) is 9.84 Å². The number of nitrogens with one attached hydrogen (secondary N) is 1. The summed E-state index contributed by atoms with van der Waals surface area (Å²) in [4.78, 5) is 12.0. The maximum absolute atomic E-state index is 12.0. The van der Waals surface area contributed by atoms with Crippen LogP contribution in [0, 0.1) is 5.92 Å². The van der Waals surface area contributed by atoms with Gasteiger partial charge in [0.1, 0.15) is 0 Å². The molecule has 1 unspecified atom stereocenters. The highest BCUT2D eigenvalue weighted by atomic mass is 35.5. The lowest BCUT2D eigenvalue weighted by Gasteiger charge is -2.12. The zero-order chi connectivity index (χ0) is 13.2. The Bertz CT molecular complexity index is 556. The van der Waals surface area contributed by atoms with E-state index in [2.05, 4.69) is 5.32 Å². The van der Waals surface area contributed by atoms with Crippen molar-refractivity contribution in [2.75, 3.05) is 16.8 Å². The number of amides is 1. The number of sulfone groups is 1. The van der Waals surface area contributed by atoms with Gasteiger partial charge in [0.2, 0.25) is 5.91 Å². The van der Waals surface area contributed by atoms with Gasteiger partial charge in [-0.2, -0.15) is 0 Å². The van der Waals surface area contributed by atoms with Crippen LogP contribution in [0.5, 0.6) is 0 Å². The van der Waals surface area contributed by atoms with E-state index in [0.717, 1.165) is 5.56 Å². The Morgan fingerprint density at radius 1 is 1.39 bits per heavy atom. The van der Waals surface area contributed by atoms with Crippen molar-refractivity contribution < 1.29 is 13.2 Å². The molecule has 4 nitrogen and oxygen atoms in total. The molecule has 1 atom stereocenters. The first-order chi connectivity index (χ1) is 8.52. The molecule has 0 spiro atoms.